The Morgan fingerprint density at radius 3 is 1.83 bits per heavy atom. The van der Waals surface area contributed by atoms with E-state index in [-0.39, 0.29) is 6.54 Å². The van der Waals surface area contributed by atoms with Crippen LogP contribution >= 0.6 is 0 Å². The summed E-state index contributed by atoms with van der Waals surface area (Å²) in [6.45, 7) is 6.33. The predicted molar refractivity (Wildman–Crippen MR) is 95.2 cm³/mol. The van der Waals surface area contributed by atoms with Crippen molar-refractivity contribution in [1.82, 2.24) is 5.32 Å². The summed E-state index contributed by atoms with van der Waals surface area (Å²) < 4.78 is 4.91. The Morgan fingerprint density at radius 1 is 0.870 bits per heavy atom. The summed E-state index contributed by atoms with van der Waals surface area (Å²) in [7, 11) is 0. The Balaban J connectivity index is 3.22. The van der Waals surface area contributed by atoms with Gasteiger partial charge in [0.1, 0.15) is 0 Å². The van der Waals surface area contributed by atoms with Crippen LogP contribution in [0.1, 0.15) is 84.0 Å². The smallest absolute Gasteiger partial charge is 0.396 e. The Bertz CT molecular complexity index is 316. The third-order valence-electron chi connectivity index (χ3n) is 3.82. The monoisotopic (exact) mass is 325 g/mol. The molecule has 4 nitrogen and oxygen atoms in total. The molecule has 1 amide bonds. The van der Waals surface area contributed by atoms with Gasteiger partial charge in [0.15, 0.2) is 0 Å². The zero-order valence-electron chi connectivity index (χ0n) is 14.9. The molecular formula is C19H35NO3. The lowest BCUT2D eigenvalue weighted by Crippen LogP contribution is -2.32. The van der Waals surface area contributed by atoms with Crippen LogP contribution in [0.2, 0.25) is 0 Å². The van der Waals surface area contributed by atoms with Crippen LogP contribution in [-0.2, 0) is 14.3 Å². The van der Waals surface area contributed by atoms with Gasteiger partial charge in [0.2, 0.25) is 0 Å². The van der Waals surface area contributed by atoms with E-state index in [1.54, 1.807) is 0 Å². The van der Waals surface area contributed by atoms with Gasteiger partial charge in [-0.25, -0.2) is 4.79 Å². The van der Waals surface area contributed by atoms with Crippen LogP contribution in [-0.4, -0.2) is 25.0 Å². The van der Waals surface area contributed by atoms with Crippen molar-refractivity contribution in [3.63, 3.8) is 0 Å². The molecule has 0 aromatic heterocycles. The molecule has 0 aliphatic rings. The molecule has 0 unspecified atom stereocenters. The molecule has 23 heavy (non-hydrogen) atoms. The van der Waals surface area contributed by atoms with E-state index in [4.69, 9.17) is 4.74 Å². The van der Waals surface area contributed by atoms with Crippen molar-refractivity contribution < 1.29 is 14.3 Å². The Labute approximate surface area is 142 Å². The van der Waals surface area contributed by atoms with E-state index in [9.17, 15) is 9.59 Å². The molecule has 0 aromatic carbocycles. The minimum atomic E-state index is -0.796. The molecular weight excluding hydrogens is 290 g/mol. The van der Waals surface area contributed by atoms with Gasteiger partial charge in [-0.2, -0.15) is 0 Å². The highest BCUT2D eigenvalue weighted by molar-refractivity contribution is 6.32. The van der Waals surface area contributed by atoms with Gasteiger partial charge in [-0.1, -0.05) is 83.6 Å². The summed E-state index contributed by atoms with van der Waals surface area (Å²) in [5, 5.41) is 2.40. The van der Waals surface area contributed by atoms with E-state index >= 15 is 0 Å². The number of nitrogens with one attached hydrogen (secondary N) is 1. The first kappa shape index (κ1) is 21.7. The average Bonchev–Trinajstić information content (AvgIpc) is 2.56. The van der Waals surface area contributed by atoms with Gasteiger partial charge in [-0.15, -0.1) is 6.58 Å². The number of esters is 1. The van der Waals surface area contributed by atoms with Crippen molar-refractivity contribution in [3.05, 3.63) is 12.7 Å². The van der Waals surface area contributed by atoms with Crippen LogP contribution in [0.15, 0.2) is 12.7 Å². The summed E-state index contributed by atoms with van der Waals surface area (Å²) in [5.41, 5.74) is 0. The molecule has 134 valence electrons. The zero-order valence-corrected chi connectivity index (χ0v) is 14.9. The number of hydrogen-bond donors (Lipinski definition) is 1. The van der Waals surface area contributed by atoms with Crippen LogP contribution in [0.4, 0.5) is 0 Å². The highest BCUT2D eigenvalue weighted by atomic mass is 16.5. The third-order valence-corrected chi connectivity index (χ3v) is 3.82. The number of carbonyl (C=O) groups is 2. The second-order valence-corrected chi connectivity index (χ2v) is 6.02. The van der Waals surface area contributed by atoms with Crippen molar-refractivity contribution in [3.8, 4) is 0 Å². The summed E-state index contributed by atoms with van der Waals surface area (Å²) in [4.78, 5) is 22.5. The molecule has 0 heterocycles. The molecule has 4 heteroatoms. The number of unbranched alkanes of at least 4 members (excludes halogenated alkanes) is 11. The summed E-state index contributed by atoms with van der Waals surface area (Å²) >= 11 is 0. The lowest BCUT2D eigenvalue weighted by atomic mass is 10.1. The van der Waals surface area contributed by atoms with E-state index in [1.807, 2.05) is 0 Å². The molecule has 0 aromatic rings. The van der Waals surface area contributed by atoms with Crippen molar-refractivity contribution in [1.29, 1.82) is 0 Å². The zero-order chi connectivity index (χ0) is 17.2. The molecule has 0 radical (unpaired) electrons. The van der Waals surface area contributed by atoms with Crippen LogP contribution in [0, 0.1) is 0 Å². The van der Waals surface area contributed by atoms with E-state index in [0.29, 0.717) is 6.61 Å². The van der Waals surface area contributed by atoms with Crippen LogP contribution in [0.25, 0.3) is 0 Å². The molecule has 1 N–H and O–H groups in total. The molecule has 0 bridgehead atoms. The fraction of sp³-hybridized carbons (Fsp3) is 0.789. The molecule has 0 rings (SSSR count). The minimum absolute atomic E-state index is 0.284. The minimum Gasteiger partial charge on any atom is -0.459 e. The number of carbonyl (C=O) groups excluding carboxylic acids is 2. The number of hydrogen-bond acceptors (Lipinski definition) is 3. The van der Waals surface area contributed by atoms with Crippen molar-refractivity contribution >= 4 is 11.9 Å². The first-order valence-corrected chi connectivity index (χ1v) is 9.28. The van der Waals surface area contributed by atoms with Gasteiger partial charge in [-0.05, 0) is 6.42 Å². The second-order valence-electron chi connectivity index (χ2n) is 6.02. The molecule has 0 aliphatic heterocycles. The largest absolute Gasteiger partial charge is 0.459 e. The summed E-state index contributed by atoms with van der Waals surface area (Å²) in [6, 6.07) is 0. The normalized spacial score (nSPS) is 10.3. The van der Waals surface area contributed by atoms with E-state index < -0.39 is 11.9 Å². The number of rotatable bonds is 15. The first-order valence-electron chi connectivity index (χ1n) is 9.28. The maximum atomic E-state index is 11.3. The van der Waals surface area contributed by atoms with E-state index in [0.717, 1.165) is 12.8 Å². The number of ether oxygens (including phenoxy) is 1. The second kappa shape index (κ2) is 17.0. The topological polar surface area (TPSA) is 55.4 Å². The SMILES string of the molecule is C=CCNC(=O)C(=O)OCCCCCCCCCCCCCC. The predicted octanol–water partition coefficient (Wildman–Crippen LogP) is 4.53. The van der Waals surface area contributed by atoms with E-state index in [1.165, 1.54) is 70.3 Å². The van der Waals surface area contributed by atoms with Crippen molar-refractivity contribution in [2.75, 3.05) is 13.2 Å². The first-order chi connectivity index (χ1) is 11.2. The van der Waals surface area contributed by atoms with Gasteiger partial charge < -0.3 is 10.1 Å². The highest BCUT2D eigenvalue weighted by Gasteiger charge is 2.13. The van der Waals surface area contributed by atoms with E-state index in [2.05, 4.69) is 18.8 Å². The lowest BCUT2D eigenvalue weighted by molar-refractivity contribution is -0.154. The molecule has 0 fully saturated rings. The van der Waals surface area contributed by atoms with Gasteiger partial charge >= 0.3 is 11.9 Å². The molecule has 0 spiro atoms. The maximum absolute atomic E-state index is 11.3. The Morgan fingerprint density at radius 2 is 1.35 bits per heavy atom. The fourth-order valence-corrected chi connectivity index (χ4v) is 2.41. The maximum Gasteiger partial charge on any atom is 0.396 e. The quantitative estimate of drug-likeness (QED) is 0.208. The average molecular weight is 325 g/mol. The molecule has 0 atom stereocenters. The fourth-order valence-electron chi connectivity index (χ4n) is 2.41. The molecule has 0 saturated heterocycles. The summed E-state index contributed by atoms with van der Waals surface area (Å²) in [5.74, 6) is -1.49. The Kier molecular flexibility index (Phi) is 16.1. The van der Waals surface area contributed by atoms with Gasteiger partial charge in [0.05, 0.1) is 6.61 Å². The van der Waals surface area contributed by atoms with Crippen LogP contribution in [0.3, 0.4) is 0 Å². The van der Waals surface area contributed by atoms with Crippen LogP contribution in [0.5, 0.6) is 0 Å². The highest BCUT2D eigenvalue weighted by Crippen LogP contribution is 2.11. The summed E-state index contributed by atoms with van der Waals surface area (Å²) in [6.07, 6.45) is 16.7. The van der Waals surface area contributed by atoms with Crippen molar-refractivity contribution in [2.45, 2.75) is 84.0 Å². The standard InChI is InChI=1S/C19H35NO3/c1-3-5-6-7-8-9-10-11-12-13-14-15-17-23-19(22)18(21)20-16-4-2/h4H,2-3,5-17H2,1H3,(H,20,21). The third kappa shape index (κ3) is 15.4. The van der Waals surface area contributed by atoms with Crippen LogP contribution < -0.4 is 5.32 Å². The number of amides is 1. The molecule has 0 aliphatic carbocycles. The lowest BCUT2D eigenvalue weighted by Gasteiger charge is -2.05. The Hall–Kier alpha value is -1.32. The van der Waals surface area contributed by atoms with Gasteiger partial charge in [-0.3, -0.25) is 4.79 Å². The van der Waals surface area contributed by atoms with Crippen molar-refractivity contribution in [2.24, 2.45) is 0 Å². The van der Waals surface area contributed by atoms with Gasteiger partial charge in [0, 0.05) is 6.54 Å². The van der Waals surface area contributed by atoms with Gasteiger partial charge in [0.25, 0.3) is 0 Å². The molecule has 0 saturated carbocycles.